The standard InChI is InChI=1S/C20H24N4O/c1-13(2)24-18-11-6-5-10-17(18)23-19(24)15(4)22-20(25)14(3)16-9-7-8-12-21-16/h5-15H,1-4H3,(H,22,25)/t14-,15+/m0/s1. The van der Waals surface area contributed by atoms with Gasteiger partial charge in [-0.3, -0.25) is 9.78 Å². The molecule has 5 heteroatoms. The van der Waals surface area contributed by atoms with Gasteiger partial charge in [0.25, 0.3) is 0 Å². The molecule has 0 saturated carbocycles. The first-order valence-corrected chi connectivity index (χ1v) is 8.67. The topological polar surface area (TPSA) is 59.8 Å². The van der Waals surface area contributed by atoms with Crippen molar-refractivity contribution in [2.75, 3.05) is 0 Å². The van der Waals surface area contributed by atoms with Gasteiger partial charge >= 0.3 is 0 Å². The van der Waals surface area contributed by atoms with Crippen molar-refractivity contribution in [3.8, 4) is 0 Å². The molecule has 3 aromatic rings. The van der Waals surface area contributed by atoms with Gasteiger partial charge in [0, 0.05) is 12.2 Å². The average Bonchev–Trinajstić information content (AvgIpc) is 3.01. The van der Waals surface area contributed by atoms with Crippen LogP contribution in [0.4, 0.5) is 0 Å². The molecular weight excluding hydrogens is 312 g/mol. The highest BCUT2D eigenvalue weighted by atomic mass is 16.1. The Morgan fingerprint density at radius 3 is 2.44 bits per heavy atom. The summed E-state index contributed by atoms with van der Waals surface area (Å²) >= 11 is 0. The first kappa shape index (κ1) is 17.1. The zero-order valence-corrected chi connectivity index (χ0v) is 15.1. The monoisotopic (exact) mass is 336 g/mol. The summed E-state index contributed by atoms with van der Waals surface area (Å²) in [5.74, 6) is 0.520. The summed E-state index contributed by atoms with van der Waals surface area (Å²) in [4.78, 5) is 21.7. The molecule has 2 aromatic heterocycles. The summed E-state index contributed by atoms with van der Waals surface area (Å²) in [5.41, 5.74) is 2.81. The largest absolute Gasteiger partial charge is 0.346 e. The van der Waals surface area contributed by atoms with Crippen LogP contribution in [0.2, 0.25) is 0 Å². The summed E-state index contributed by atoms with van der Waals surface area (Å²) in [6.07, 6.45) is 1.71. The van der Waals surface area contributed by atoms with Crippen molar-refractivity contribution in [1.82, 2.24) is 19.9 Å². The van der Waals surface area contributed by atoms with Gasteiger partial charge in [0.1, 0.15) is 5.82 Å². The number of benzene rings is 1. The zero-order chi connectivity index (χ0) is 18.0. The maximum atomic E-state index is 12.6. The van der Waals surface area contributed by atoms with Crippen LogP contribution in [-0.4, -0.2) is 20.4 Å². The van der Waals surface area contributed by atoms with E-state index in [1.807, 2.05) is 50.2 Å². The van der Waals surface area contributed by atoms with E-state index in [-0.39, 0.29) is 23.9 Å². The molecule has 1 amide bonds. The number of nitrogens with zero attached hydrogens (tertiary/aromatic N) is 3. The van der Waals surface area contributed by atoms with Crippen LogP contribution in [-0.2, 0) is 4.79 Å². The van der Waals surface area contributed by atoms with E-state index in [0.29, 0.717) is 0 Å². The number of aromatic nitrogens is 3. The maximum Gasteiger partial charge on any atom is 0.229 e. The molecule has 0 fully saturated rings. The van der Waals surface area contributed by atoms with E-state index in [0.717, 1.165) is 22.6 Å². The van der Waals surface area contributed by atoms with E-state index >= 15 is 0 Å². The van der Waals surface area contributed by atoms with Crippen LogP contribution in [0.1, 0.15) is 57.2 Å². The van der Waals surface area contributed by atoms with E-state index < -0.39 is 0 Å². The highest BCUT2D eigenvalue weighted by Gasteiger charge is 2.23. The van der Waals surface area contributed by atoms with Crippen molar-refractivity contribution in [3.05, 3.63) is 60.2 Å². The molecule has 2 heterocycles. The van der Waals surface area contributed by atoms with Gasteiger partial charge < -0.3 is 9.88 Å². The fraction of sp³-hybridized carbons (Fsp3) is 0.350. The Morgan fingerprint density at radius 1 is 1.04 bits per heavy atom. The van der Waals surface area contributed by atoms with Crippen LogP contribution in [0.15, 0.2) is 48.7 Å². The molecule has 5 nitrogen and oxygen atoms in total. The van der Waals surface area contributed by atoms with Gasteiger partial charge in [-0.2, -0.15) is 0 Å². The minimum absolute atomic E-state index is 0.0476. The summed E-state index contributed by atoms with van der Waals surface area (Å²) < 4.78 is 2.19. The molecule has 0 radical (unpaired) electrons. The lowest BCUT2D eigenvalue weighted by Gasteiger charge is -2.20. The van der Waals surface area contributed by atoms with Crippen LogP contribution >= 0.6 is 0 Å². The Labute approximate surface area is 148 Å². The van der Waals surface area contributed by atoms with Gasteiger partial charge in [-0.15, -0.1) is 0 Å². The number of para-hydroxylation sites is 2. The number of carbonyl (C=O) groups is 1. The van der Waals surface area contributed by atoms with Gasteiger partial charge in [0.2, 0.25) is 5.91 Å². The molecule has 1 aromatic carbocycles. The van der Waals surface area contributed by atoms with Gasteiger partial charge in [-0.1, -0.05) is 18.2 Å². The van der Waals surface area contributed by atoms with E-state index in [2.05, 4.69) is 34.8 Å². The predicted molar refractivity (Wildman–Crippen MR) is 99.3 cm³/mol. The number of nitrogens with one attached hydrogen (secondary N) is 1. The van der Waals surface area contributed by atoms with Gasteiger partial charge in [0.05, 0.1) is 28.7 Å². The lowest BCUT2D eigenvalue weighted by molar-refractivity contribution is -0.123. The van der Waals surface area contributed by atoms with Crippen molar-refractivity contribution < 1.29 is 4.79 Å². The normalized spacial score (nSPS) is 13.8. The van der Waals surface area contributed by atoms with Crippen LogP contribution in [0.3, 0.4) is 0 Å². The second-order valence-corrected chi connectivity index (χ2v) is 6.63. The number of imidazole rings is 1. The second-order valence-electron chi connectivity index (χ2n) is 6.63. The molecule has 0 spiro atoms. The number of fused-ring (bicyclic) bond motifs is 1. The van der Waals surface area contributed by atoms with Crippen molar-refractivity contribution in [3.63, 3.8) is 0 Å². The minimum atomic E-state index is -0.305. The quantitative estimate of drug-likeness (QED) is 0.766. The Kier molecular flexibility index (Phi) is 4.83. The van der Waals surface area contributed by atoms with E-state index in [9.17, 15) is 4.79 Å². The lowest BCUT2D eigenvalue weighted by Crippen LogP contribution is -2.32. The summed E-state index contributed by atoms with van der Waals surface area (Å²) in [6.45, 7) is 8.10. The van der Waals surface area contributed by atoms with Crippen molar-refractivity contribution >= 4 is 16.9 Å². The number of rotatable bonds is 5. The molecule has 0 aliphatic rings. The average molecular weight is 336 g/mol. The number of carbonyl (C=O) groups excluding carboxylic acids is 1. The Morgan fingerprint density at radius 2 is 1.76 bits per heavy atom. The van der Waals surface area contributed by atoms with E-state index in [4.69, 9.17) is 4.98 Å². The third-order valence-corrected chi connectivity index (χ3v) is 4.41. The van der Waals surface area contributed by atoms with Crippen LogP contribution in [0, 0.1) is 0 Å². The van der Waals surface area contributed by atoms with Crippen LogP contribution < -0.4 is 5.32 Å². The highest BCUT2D eigenvalue weighted by molar-refractivity contribution is 5.83. The smallest absolute Gasteiger partial charge is 0.229 e. The lowest BCUT2D eigenvalue weighted by atomic mass is 10.1. The Hall–Kier alpha value is -2.69. The fourth-order valence-corrected chi connectivity index (χ4v) is 3.08. The highest BCUT2D eigenvalue weighted by Crippen LogP contribution is 2.25. The van der Waals surface area contributed by atoms with Crippen molar-refractivity contribution in [2.24, 2.45) is 0 Å². The molecule has 1 N–H and O–H groups in total. The molecule has 0 unspecified atom stereocenters. The van der Waals surface area contributed by atoms with E-state index in [1.54, 1.807) is 6.20 Å². The zero-order valence-electron chi connectivity index (χ0n) is 15.1. The first-order chi connectivity index (χ1) is 12.0. The fourth-order valence-electron chi connectivity index (χ4n) is 3.08. The molecule has 0 aliphatic carbocycles. The summed E-state index contributed by atoms with van der Waals surface area (Å²) in [5, 5.41) is 3.09. The predicted octanol–water partition coefficient (Wildman–Crippen LogP) is 3.99. The molecule has 130 valence electrons. The van der Waals surface area contributed by atoms with Crippen LogP contribution in [0.25, 0.3) is 11.0 Å². The first-order valence-electron chi connectivity index (χ1n) is 8.67. The SMILES string of the molecule is CC(C)n1c([C@@H](C)NC(=O)[C@@H](C)c2ccccn2)nc2ccccc21. The Balaban J connectivity index is 1.86. The molecule has 0 saturated heterocycles. The molecule has 3 rings (SSSR count). The van der Waals surface area contributed by atoms with Crippen molar-refractivity contribution in [2.45, 2.75) is 45.7 Å². The summed E-state index contributed by atoms with van der Waals surface area (Å²) in [6, 6.07) is 13.8. The van der Waals surface area contributed by atoms with Crippen molar-refractivity contribution in [1.29, 1.82) is 0 Å². The Bertz CT molecular complexity index is 870. The molecule has 2 atom stereocenters. The number of pyridine rings is 1. The number of hydrogen-bond acceptors (Lipinski definition) is 3. The second kappa shape index (κ2) is 7.05. The number of amides is 1. The van der Waals surface area contributed by atoms with E-state index in [1.165, 1.54) is 0 Å². The van der Waals surface area contributed by atoms with Gasteiger partial charge in [0.15, 0.2) is 0 Å². The minimum Gasteiger partial charge on any atom is -0.346 e. The third-order valence-electron chi connectivity index (χ3n) is 4.41. The molecule has 0 aliphatic heterocycles. The molecule has 0 bridgehead atoms. The molecular formula is C20H24N4O. The molecule has 25 heavy (non-hydrogen) atoms. The maximum absolute atomic E-state index is 12.6. The van der Waals surface area contributed by atoms with Crippen LogP contribution in [0.5, 0.6) is 0 Å². The van der Waals surface area contributed by atoms with Gasteiger partial charge in [-0.25, -0.2) is 4.98 Å². The number of hydrogen-bond donors (Lipinski definition) is 1. The third kappa shape index (κ3) is 3.40. The van der Waals surface area contributed by atoms with Gasteiger partial charge in [-0.05, 0) is 52.0 Å². The summed E-state index contributed by atoms with van der Waals surface area (Å²) in [7, 11) is 0.